The number of hydrazone groups is 1. The summed E-state index contributed by atoms with van der Waals surface area (Å²) in [6.45, 7) is 0. The molecule has 8 heteroatoms. The topological polar surface area (TPSA) is 81.1 Å². The average Bonchev–Trinajstić information content (AvgIpc) is 3.08. The van der Waals surface area contributed by atoms with Crippen molar-refractivity contribution in [1.29, 1.82) is 0 Å². The van der Waals surface area contributed by atoms with E-state index < -0.39 is 0 Å². The van der Waals surface area contributed by atoms with Gasteiger partial charge in [0, 0.05) is 17.1 Å². The third kappa shape index (κ3) is 3.29. The van der Waals surface area contributed by atoms with Gasteiger partial charge in [-0.2, -0.15) is 10.2 Å². The van der Waals surface area contributed by atoms with E-state index in [1.807, 2.05) is 30.5 Å². The van der Waals surface area contributed by atoms with Crippen LogP contribution >= 0.6 is 27.3 Å². The fourth-order valence-electron chi connectivity index (χ4n) is 1.73. The van der Waals surface area contributed by atoms with Crippen LogP contribution in [0.1, 0.15) is 5.56 Å². The Labute approximate surface area is 133 Å². The molecule has 2 aromatic heterocycles. The van der Waals surface area contributed by atoms with Gasteiger partial charge in [0.25, 0.3) is 0 Å². The van der Waals surface area contributed by atoms with Gasteiger partial charge in [0.05, 0.1) is 22.6 Å². The van der Waals surface area contributed by atoms with E-state index in [9.17, 15) is 0 Å². The molecule has 0 aliphatic heterocycles. The number of nitrogens with one attached hydrogen (secondary N) is 1. The van der Waals surface area contributed by atoms with Gasteiger partial charge >= 0.3 is 0 Å². The lowest BCUT2D eigenvalue weighted by molar-refractivity contribution is 0.879. The molecule has 106 valence electrons. The van der Waals surface area contributed by atoms with Crippen LogP contribution in [0.15, 0.2) is 51.6 Å². The van der Waals surface area contributed by atoms with Crippen molar-refractivity contribution in [3.8, 4) is 5.69 Å². The lowest BCUT2D eigenvalue weighted by Gasteiger charge is -2.05. The predicted octanol–water partition coefficient (Wildman–Crippen LogP) is 3.12. The summed E-state index contributed by atoms with van der Waals surface area (Å²) in [5.74, 6) is 0.486. The van der Waals surface area contributed by atoms with E-state index in [1.54, 1.807) is 22.5 Å². The molecule has 0 saturated heterocycles. The predicted molar refractivity (Wildman–Crippen MR) is 89.0 cm³/mol. The molecule has 0 bridgehead atoms. The summed E-state index contributed by atoms with van der Waals surface area (Å²) in [5.41, 5.74) is 10.3. The number of hydrogen-bond donors (Lipinski definition) is 2. The third-order valence-electron chi connectivity index (χ3n) is 2.62. The highest BCUT2D eigenvalue weighted by Gasteiger charge is 2.03. The molecule has 0 saturated carbocycles. The van der Waals surface area contributed by atoms with E-state index >= 15 is 0 Å². The molecule has 0 fully saturated rings. The molecule has 1 aromatic carbocycles. The van der Waals surface area contributed by atoms with Gasteiger partial charge in [-0.3, -0.25) is 5.43 Å². The Kier molecular flexibility index (Phi) is 3.98. The Morgan fingerprint density at radius 3 is 2.95 bits per heavy atom. The van der Waals surface area contributed by atoms with Crippen LogP contribution < -0.4 is 11.2 Å². The lowest BCUT2D eigenvalue weighted by atomic mass is 10.2. The van der Waals surface area contributed by atoms with Gasteiger partial charge < -0.3 is 5.73 Å². The molecule has 0 radical (unpaired) electrons. The van der Waals surface area contributed by atoms with Gasteiger partial charge in [-0.15, -0.1) is 11.3 Å². The highest BCUT2D eigenvalue weighted by atomic mass is 79.9. The van der Waals surface area contributed by atoms with E-state index in [0.29, 0.717) is 10.9 Å². The van der Waals surface area contributed by atoms with Crippen molar-refractivity contribution in [3.05, 3.63) is 52.1 Å². The summed E-state index contributed by atoms with van der Waals surface area (Å²) in [4.78, 5) is 4.07. The van der Waals surface area contributed by atoms with Crippen molar-refractivity contribution in [3.63, 3.8) is 0 Å². The van der Waals surface area contributed by atoms with E-state index in [0.717, 1.165) is 15.7 Å². The van der Waals surface area contributed by atoms with Gasteiger partial charge in [0.2, 0.25) is 5.13 Å². The van der Waals surface area contributed by atoms with Gasteiger partial charge in [-0.05, 0) is 22.0 Å². The molecule has 3 rings (SSSR count). The van der Waals surface area contributed by atoms with Crippen LogP contribution in [0.5, 0.6) is 0 Å². The Morgan fingerprint density at radius 2 is 2.24 bits per heavy atom. The van der Waals surface area contributed by atoms with Crippen molar-refractivity contribution in [2.75, 3.05) is 11.2 Å². The van der Waals surface area contributed by atoms with Crippen LogP contribution in [0, 0.1) is 0 Å². The molecule has 6 nitrogen and oxygen atoms in total. The SMILES string of the molecule is Nc1csc(NN=Cc2ccccc2-n2cc(Br)cn2)n1. The number of hydrogen-bond acceptors (Lipinski definition) is 6. The first kappa shape index (κ1) is 13.8. The summed E-state index contributed by atoms with van der Waals surface area (Å²) < 4.78 is 2.71. The van der Waals surface area contributed by atoms with Crippen molar-refractivity contribution in [2.24, 2.45) is 5.10 Å². The van der Waals surface area contributed by atoms with Gasteiger partial charge in [-0.1, -0.05) is 18.2 Å². The second-order valence-corrected chi connectivity index (χ2v) is 5.88. The molecule has 0 atom stereocenters. The molecule has 0 aliphatic carbocycles. The standard InChI is InChI=1S/C13H11BrN6S/c14-10-6-17-20(7-10)11-4-2-1-3-9(11)5-16-19-13-18-12(15)8-21-13/h1-8H,15H2,(H,18,19). The van der Waals surface area contributed by atoms with Crippen molar-refractivity contribution in [2.45, 2.75) is 0 Å². The number of thiazole rings is 1. The Bertz CT molecular complexity index is 778. The number of anilines is 2. The quantitative estimate of drug-likeness (QED) is 0.551. The second kappa shape index (κ2) is 6.06. The minimum absolute atomic E-state index is 0.486. The zero-order valence-electron chi connectivity index (χ0n) is 10.8. The first-order valence-electron chi connectivity index (χ1n) is 6.02. The van der Waals surface area contributed by atoms with Crippen LogP contribution in [-0.4, -0.2) is 21.0 Å². The van der Waals surface area contributed by atoms with E-state index in [1.165, 1.54) is 11.3 Å². The number of nitrogens with zero attached hydrogens (tertiary/aromatic N) is 4. The molecule has 2 heterocycles. The number of benzene rings is 1. The fraction of sp³-hybridized carbons (Fsp3) is 0. The minimum atomic E-state index is 0.486. The molecule has 3 N–H and O–H groups in total. The molecular weight excluding hydrogens is 352 g/mol. The minimum Gasteiger partial charge on any atom is -0.383 e. The Morgan fingerprint density at radius 1 is 1.38 bits per heavy atom. The highest BCUT2D eigenvalue weighted by Crippen LogP contribution is 2.17. The number of nitrogen functional groups attached to an aromatic ring is 1. The first-order valence-corrected chi connectivity index (χ1v) is 7.69. The van der Waals surface area contributed by atoms with Crippen LogP contribution in [0.25, 0.3) is 5.69 Å². The van der Waals surface area contributed by atoms with Crippen molar-refractivity contribution in [1.82, 2.24) is 14.8 Å². The molecule has 21 heavy (non-hydrogen) atoms. The van der Waals surface area contributed by atoms with Gasteiger partial charge in [0.1, 0.15) is 5.82 Å². The smallest absolute Gasteiger partial charge is 0.205 e. The summed E-state index contributed by atoms with van der Waals surface area (Å²) in [6, 6.07) is 7.84. The third-order valence-corrected chi connectivity index (χ3v) is 3.80. The molecular formula is C13H11BrN6S. The lowest BCUT2D eigenvalue weighted by Crippen LogP contribution is -2.00. The normalized spacial score (nSPS) is 11.1. The van der Waals surface area contributed by atoms with E-state index in [-0.39, 0.29) is 0 Å². The van der Waals surface area contributed by atoms with Gasteiger partial charge in [0.15, 0.2) is 0 Å². The Balaban J connectivity index is 1.82. The van der Waals surface area contributed by atoms with Crippen LogP contribution in [0.4, 0.5) is 10.9 Å². The molecule has 0 unspecified atom stereocenters. The zero-order valence-corrected chi connectivity index (χ0v) is 13.2. The number of para-hydroxylation sites is 1. The average molecular weight is 363 g/mol. The summed E-state index contributed by atoms with van der Waals surface area (Å²) in [5, 5.41) is 10.9. The Hall–Kier alpha value is -2.19. The van der Waals surface area contributed by atoms with E-state index in [4.69, 9.17) is 5.73 Å². The summed E-state index contributed by atoms with van der Waals surface area (Å²) in [6.07, 6.45) is 5.36. The van der Waals surface area contributed by atoms with Crippen molar-refractivity contribution < 1.29 is 0 Å². The summed E-state index contributed by atoms with van der Waals surface area (Å²) >= 11 is 4.80. The highest BCUT2D eigenvalue weighted by molar-refractivity contribution is 9.10. The monoisotopic (exact) mass is 362 g/mol. The maximum absolute atomic E-state index is 5.56. The molecule has 3 aromatic rings. The molecule has 0 amide bonds. The number of rotatable bonds is 4. The van der Waals surface area contributed by atoms with Crippen molar-refractivity contribution >= 4 is 44.4 Å². The van der Waals surface area contributed by atoms with Gasteiger partial charge in [-0.25, -0.2) is 9.67 Å². The number of nitrogens with two attached hydrogens (primary N) is 1. The first-order chi connectivity index (χ1) is 10.2. The maximum Gasteiger partial charge on any atom is 0.205 e. The summed E-state index contributed by atoms with van der Waals surface area (Å²) in [7, 11) is 0. The molecule has 0 aliphatic rings. The number of aromatic nitrogens is 3. The second-order valence-electron chi connectivity index (χ2n) is 4.11. The van der Waals surface area contributed by atoms with E-state index in [2.05, 4.69) is 36.5 Å². The largest absolute Gasteiger partial charge is 0.383 e. The number of halogens is 1. The maximum atomic E-state index is 5.56. The van der Waals surface area contributed by atoms with Crippen LogP contribution in [-0.2, 0) is 0 Å². The zero-order chi connectivity index (χ0) is 14.7. The molecule has 0 spiro atoms. The van der Waals surface area contributed by atoms with Crippen LogP contribution in [0.2, 0.25) is 0 Å². The van der Waals surface area contributed by atoms with Crippen LogP contribution in [0.3, 0.4) is 0 Å². The fourth-order valence-corrected chi connectivity index (χ4v) is 2.57.